The van der Waals surface area contributed by atoms with E-state index in [9.17, 15) is 71.9 Å². The third kappa shape index (κ3) is 7.22. The fourth-order valence-corrected chi connectivity index (χ4v) is 8.81. The lowest BCUT2D eigenvalue weighted by Gasteiger charge is -2.19. The molecule has 6 aromatic carbocycles. The minimum atomic E-state index is -1.04. The molecule has 21 nitrogen and oxygen atoms in total. The molecule has 8 aromatic rings. The van der Waals surface area contributed by atoms with Crippen molar-refractivity contribution in [2.24, 2.45) is 0 Å². The fourth-order valence-electron chi connectivity index (χ4n) is 8.81. The molecule has 0 saturated carbocycles. The van der Waals surface area contributed by atoms with Crippen molar-refractivity contribution in [2.75, 3.05) is 0 Å². The highest BCUT2D eigenvalue weighted by Crippen LogP contribution is 2.35. The molecule has 0 unspecified atom stereocenters. The van der Waals surface area contributed by atoms with Crippen LogP contribution in [0.2, 0.25) is 0 Å². The number of hydrogen-bond acceptors (Lipinski definition) is 21. The van der Waals surface area contributed by atoms with Crippen LogP contribution >= 0.6 is 0 Å². The summed E-state index contributed by atoms with van der Waals surface area (Å²) < 4.78 is 27.1. The number of benzene rings is 6. The summed E-state index contributed by atoms with van der Waals surface area (Å²) in [5, 5.41) is -1.10. The SMILES string of the molecule is C.O=C(c1ccc2c(c1)C(=O)OC2=O)c1ccc2c(c1)C(=O)OC2=O.O=C(c1ccccc1)c1c2c(=O)oc(=O)c2cc2c(=O)oc(=O)c12.O=C1c2cc3c(cc2Cc2cc4c(cc21)C(=O)OC4=O)C(=O)OC3=O. The highest BCUT2D eigenvalue weighted by atomic mass is 16.6. The van der Waals surface area contributed by atoms with Gasteiger partial charge in [0, 0.05) is 27.8 Å². The molecule has 13 rings (SSSR count). The standard InChI is InChI=1S/C18H6O7.2C17H6O7.CH4/c19-14-8-4-12-10(15(20)24-17(12)22)2-6(8)1-7-3-11-13(5-9(7)14)18(23)25-16(11)21;18-13(7-1-3-9-11(5-7)16(21)23-14(9)19)8-2-4-10-12(6-8)17(22)24-15(10)20;18-13(7-4-2-1-3-5-7)12-10-8(14(19)23-16(10)21)6-9-11(12)17(22)24-15(9)20;/h2-5H,1H2;2*1-6H;1H4. The second kappa shape index (κ2) is 16.9. The van der Waals surface area contributed by atoms with Gasteiger partial charge in [-0.3, -0.25) is 14.4 Å². The molecule has 0 saturated heterocycles. The van der Waals surface area contributed by atoms with E-state index >= 15 is 0 Å². The fraction of sp³-hybridized carbons (Fsp3) is 0.0377. The first-order valence-corrected chi connectivity index (χ1v) is 21.0. The van der Waals surface area contributed by atoms with E-state index in [0.717, 1.165) is 6.07 Å². The highest BCUT2D eigenvalue weighted by Gasteiger charge is 2.38. The number of cyclic esters (lactones) is 8. The number of fused-ring (bicyclic) bond motifs is 8. The predicted octanol–water partition coefficient (Wildman–Crippen LogP) is 4.34. The molecule has 0 spiro atoms. The summed E-state index contributed by atoms with van der Waals surface area (Å²) in [6, 6.07) is 22.5. The molecule has 2 aromatic heterocycles. The van der Waals surface area contributed by atoms with Crippen LogP contribution in [0.15, 0.2) is 125 Å². The molecule has 0 N–H and O–H groups in total. The van der Waals surface area contributed by atoms with Gasteiger partial charge in [0.15, 0.2) is 17.3 Å². The average Bonchev–Trinajstić information content (AvgIpc) is 4.17. The van der Waals surface area contributed by atoms with E-state index < -0.39 is 81.8 Å². The summed E-state index contributed by atoms with van der Waals surface area (Å²) in [5.41, 5.74) is -1.66. The van der Waals surface area contributed by atoms with Crippen LogP contribution in [0.1, 0.15) is 149 Å². The van der Waals surface area contributed by atoms with Gasteiger partial charge in [-0.05, 0) is 72.1 Å². The van der Waals surface area contributed by atoms with Crippen LogP contribution in [0.5, 0.6) is 0 Å². The zero-order chi connectivity index (χ0) is 51.5. The van der Waals surface area contributed by atoms with Crippen LogP contribution in [0.3, 0.4) is 0 Å². The molecule has 0 amide bonds. The van der Waals surface area contributed by atoms with Crippen molar-refractivity contribution in [1.82, 2.24) is 0 Å². The Morgan fingerprint density at radius 3 is 1.11 bits per heavy atom. The largest absolute Gasteiger partial charge is 0.386 e. The zero-order valence-corrected chi connectivity index (χ0v) is 36.0. The second-order valence-electron chi connectivity index (χ2n) is 16.3. The van der Waals surface area contributed by atoms with Crippen molar-refractivity contribution in [3.63, 3.8) is 0 Å². The van der Waals surface area contributed by atoms with Crippen molar-refractivity contribution in [2.45, 2.75) is 13.8 Å². The van der Waals surface area contributed by atoms with Crippen molar-refractivity contribution in [3.8, 4) is 0 Å². The Balaban J connectivity index is 0.000000126. The molecule has 1 aliphatic carbocycles. The normalized spacial score (nSPS) is 14.2. The number of carbonyl (C=O) groups excluding carboxylic acids is 11. The van der Waals surface area contributed by atoms with E-state index in [1.165, 1.54) is 72.8 Å². The number of ether oxygens (including phenoxy) is 4. The molecular formula is C53H22O21. The first-order chi connectivity index (χ1) is 34.9. The summed E-state index contributed by atoms with van der Waals surface area (Å²) in [5.74, 6) is -7.74. The number of esters is 8. The quantitative estimate of drug-likeness (QED) is 0.102. The Labute approximate surface area is 407 Å². The zero-order valence-electron chi connectivity index (χ0n) is 36.0. The lowest BCUT2D eigenvalue weighted by molar-refractivity contribution is 0.0425. The monoisotopic (exact) mass is 994 g/mol. The molecule has 0 bridgehead atoms. The second-order valence-corrected chi connectivity index (χ2v) is 16.3. The number of rotatable bonds is 4. The summed E-state index contributed by atoms with van der Waals surface area (Å²) in [4.78, 5) is 178. The van der Waals surface area contributed by atoms with Gasteiger partial charge in [-0.25, -0.2) is 57.5 Å². The van der Waals surface area contributed by atoms with E-state index in [0.29, 0.717) is 11.1 Å². The van der Waals surface area contributed by atoms with E-state index in [1.54, 1.807) is 18.2 Å². The van der Waals surface area contributed by atoms with Crippen LogP contribution in [0.4, 0.5) is 0 Å². The minimum absolute atomic E-state index is 0. The maximum Gasteiger partial charge on any atom is 0.347 e. The molecule has 74 heavy (non-hydrogen) atoms. The number of hydrogen-bond donors (Lipinski definition) is 0. The topological polar surface area (TPSA) is 319 Å². The average molecular weight is 995 g/mol. The van der Waals surface area contributed by atoms with E-state index in [-0.39, 0.29) is 119 Å². The first-order valence-electron chi connectivity index (χ1n) is 21.0. The maximum atomic E-state index is 12.8. The van der Waals surface area contributed by atoms with Crippen LogP contribution in [0.25, 0.3) is 21.5 Å². The Morgan fingerprint density at radius 2 is 0.703 bits per heavy atom. The smallest absolute Gasteiger partial charge is 0.347 e. The molecule has 4 aliphatic heterocycles. The Bertz CT molecular complexity index is 4070. The molecule has 6 heterocycles. The summed E-state index contributed by atoms with van der Waals surface area (Å²) >= 11 is 0. The van der Waals surface area contributed by atoms with Gasteiger partial charge in [0.25, 0.3) is 0 Å². The van der Waals surface area contributed by atoms with Crippen LogP contribution in [-0.2, 0) is 25.4 Å². The van der Waals surface area contributed by atoms with E-state index in [4.69, 9.17) is 0 Å². The maximum absolute atomic E-state index is 12.8. The minimum Gasteiger partial charge on any atom is -0.386 e. The summed E-state index contributed by atoms with van der Waals surface area (Å²) in [6.07, 6.45) is 0.278. The van der Waals surface area contributed by atoms with E-state index in [2.05, 4.69) is 27.8 Å². The van der Waals surface area contributed by atoms with Gasteiger partial charge in [0.05, 0.1) is 71.6 Å². The lowest BCUT2D eigenvalue weighted by Crippen LogP contribution is -2.17. The molecule has 0 fully saturated rings. The molecule has 0 atom stereocenters. The van der Waals surface area contributed by atoms with Crippen LogP contribution in [-0.4, -0.2) is 65.1 Å². The van der Waals surface area contributed by atoms with Crippen LogP contribution in [0, 0.1) is 0 Å². The van der Waals surface area contributed by atoms with Gasteiger partial charge in [0.1, 0.15) is 0 Å². The van der Waals surface area contributed by atoms with Crippen molar-refractivity contribution in [1.29, 1.82) is 0 Å². The van der Waals surface area contributed by atoms with E-state index in [1.807, 2.05) is 0 Å². The van der Waals surface area contributed by atoms with Gasteiger partial charge < -0.3 is 27.8 Å². The van der Waals surface area contributed by atoms with Gasteiger partial charge in [-0.2, -0.15) is 0 Å². The van der Waals surface area contributed by atoms with Crippen molar-refractivity contribution < 1.29 is 80.5 Å². The molecule has 5 aliphatic rings. The van der Waals surface area contributed by atoms with Crippen molar-refractivity contribution in [3.05, 3.63) is 228 Å². The number of carbonyl (C=O) groups is 11. The Morgan fingerprint density at radius 1 is 0.338 bits per heavy atom. The highest BCUT2D eigenvalue weighted by molar-refractivity contribution is 6.25. The van der Waals surface area contributed by atoms with Gasteiger partial charge >= 0.3 is 70.3 Å². The van der Waals surface area contributed by atoms with Gasteiger partial charge in [-0.15, -0.1) is 0 Å². The Kier molecular flexibility index (Phi) is 10.7. The summed E-state index contributed by atoms with van der Waals surface area (Å²) in [7, 11) is 0. The third-order valence-corrected chi connectivity index (χ3v) is 12.2. The number of furan rings is 2. The summed E-state index contributed by atoms with van der Waals surface area (Å²) in [6.45, 7) is 0. The van der Waals surface area contributed by atoms with Crippen molar-refractivity contribution >= 4 is 86.6 Å². The number of ketones is 3. The van der Waals surface area contributed by atoms with Crippen LogP contribution < -0.4 is 22.5 Å². The van der Waals surface area contributed by atoms with Gasteiger partial charge in [0.2, 0.25) is 0 Å². The third-order valence-electron chi connectivity index (χ3n) is 12.2. The molecule has 360 valence electrons. The molecular weight excluding hydrogens is 973 g/mol. The Hall–Kier alpha value is -10.8. The predicted molar refractivity (Wildman–Crippen MR) is 244 cm³/mol. The first kappa shape index (κ1) is 46.9. The van der Waals surface area contributed by atoms with Gasteiger partial charge in [-0.1, -0.05) is 49.9 Å². The molecule has 0 radical (unpaired) electrons. The molecule has 21 heteroatoms. The lowest BCUT2D eigenvalue weighted by atomic mass is 9.81.